The van der Waals surface area contributed by atoms with Crippen molar-refractivity contribution < 1.29 is 18.0 Å². The van der Waals surface area contributed by atoms with E-state index in [1.54, 1.807) is 4.90 Å². The van der Waals surface area contributed by atoms with E-state index in [0.717, 1.165) is 25.2 Å². The van der Waals surface area contributed by atoms with Gasteiger partial charge >= 0.3 is 6.18 Å². The summed E-state index contributed by atoms with van der Waals surface area (Å²) >= 11 is 0. The van der Waals surface area contributed by atoms with Gasteiger partial charge in [0.05, 0.1) is 5.56 Å². The smallest absolute Gasteiger partial charge is 0.336 e. The number of amides is 1. The summed E-state index contributed by atoms with van der Waals surface area (Å²) in [6.07, 6.45) is -4.38. The van der Waals surface area contributed by atoms with Crippen LogP contribution in [0.15, 0.2) is 24.3 Å². The maximum atomic E-state index is 12.6. The molecule has 6 heteroatoms. The lowest BCUT2D eigenvalue weighted by molar-refractivity contribution is -0.137. The van der Waals surface area contributed by atoms with Crippen LogP contribution < -0.4 is 0 Å². The molecule has 24 heavy (non-hydrogen) atoms. The molecule has 1 aliphatic heterocycles. The second-order valence-corrected chi connectivity index (χ2v) is 7.45. The SMILES string of the molecule is CC(C)CN1CCN(C(=O)c2ccc(C(F)(F)F)cc2)CC1(C)C. The Balaban J connectivity index is 2.08. The predicted molar refractivity (Wildman–Crippen MR) is 87.8 cm³/mol. The normalized spacial score (nSPS) is 18.9. The lowest BCUT2D eigenvalue weighted by Gasteiger charge is -2.47. The molecule has 0 radical (unpaired) electrons. The van der Waals surface area contributed by atoms with Crippen LogP contribution >= 0.6 is 0 Å². The average Bonchev–Trinajstić information content (AvgIpc) is 2.47. The summed E-state index contributed by atoms with van der Waals surface area (Å²) in [5, 5.41) is 0. The second-order valence-electron chi connectivity index (χ2n) is 7.45. The molecule has 1 saturated heterocycles. The van der Waals surface area contributed by atoms with Crippen molar-refractivity contribution in [1.82, 2.24) is 9.80 Å². The molecule has 1 aromatic carbocycles. The van der Waals surface area contributed by atoms with Crippen LogP contribution in [0.2, 0.25) is 0 Å². The van der Waals surface area contributed by atoms with E-state index in [1.165, 1.54) is 12.1 Å². The number of rotatable bonds is 3. The Kier molecular flexibility index (Phi) is 5.28. The fraction of sp³-hybridized carbons (Fsp3) is 0.611. The summed E-state index contributed by atoms with van der Waals surface area (Å²) in [4.78, 5) is 16.7. The van der Waals surface area contributed by atoms with Crippen molar-refractivity contribution in [2.75, 3.05) is 26.2 Å². The van der Waals surface area contributed by atoms with Crippen molar-refractivity contribution >= 4 is 5.91 Å². The van der Waals surface area contributed by atoms with Crippen molar-refractivity contribution in [3.05, 3.63) is 35.4 Å². The molecule has 0 aromatic heterocycles. The van der Waals surface area contributed by atoms with Gasteiger partial charge in [-0.1, -0.05) is 13.8 Å². The van der Waals surface area contributed by atoms with Crippen molar-refractivity contribution in [2.45, 2.75) is 39.4 Å². The third-order valence-electron chi connectivity index (χ3n) is 4.41. The average molecular weight is 342 g/mol. The largest absolute Gasteiger partial charge is 0.416 e. The quantitative estimate of drug-likeness (QED) is 0.832. The second kappa shape index (κ2) is 6.75. The van der Waals surface area contributed by atoms with Crippen LogP contribution in [0.25, 0.3) is 0 Å². The fourth-order valence-electron chi connectivity index (χ4n) is 3.13. The molecule has 0 unspecified atom stereocenters. The molecule has 134 valence electrons. The first-order valence-electron chi connectivity index (χ1n) is 8.22. The molecule has 0 bridgehead atoms. The molecule has 1 heterocycles. The zero-order valence-corrected chi connectivity index (χ0v) is 14.7. The van der Waals surface area contributed by atoms with E-state index in [0.29, 0.717) is 24.6 Å². The summed E-state index contributed by atoms with van der Waals surface area (Å²) in [6.45, 7) is 11.4. The number of benzene rings is 1. The van der Waals surface area contributed by atoms with E-state index in [9.17, 15) is 18.0 Å². The van der Waals surface area contributed by atoms with Crippen LogP contribution in [-0.2, 0) is 6.18 Å². The van der Waals surface area contributed by atoms with Crippen LogP contribution in [0.4, 0.5) is 13.2 Å². The number of hydrogen-bond donors (Lipinski definition) is 0. The van der Waals surface area contributed by atoms with Gasteiger partial charge in [0.1, 0.15) is 0 Å². The van der Waals surface area contributed by atoms with E-state index in [4.69, 9.17) is 0 Å². The van der Waals surface area contributed by atoms with Gasteiger partial charge in [-0.25, -0.2) is 0 Å². The van der Waals surface area contributed by atoms with Gasteiger partial charge in [-0.3, -0.25) is 9.69 Å². The molecule has 1 amide bonds. The van der Waals surface area contributed by atoms with Crippen LogP contribution in [0, 0.1) is 5.92 Å². The van der Waals surface area contributed by atoms with Gasteiger partial charge in [-0.05, 0) is 44.0 Å². The maximum absolute atomic E-state index is 12.6. The molecule has 1 fully saturated rings. The number of carbonyl (C=O) groups is 1. The Morgan fingerprint density at radius 2 is 1.75 bits per heavy atom. The van der Waals surface area contributed by atoms with E-state index in [2.05, 4.69) is 32.6 Å². The Morgan fingerprint density at radius 3 is 2.21 bits per heavy atom. The van der Waals surface area contributed by atoms with Gasteiger partial charge in [0.15, 0.2) is 0 Å². The van der Waals surface area contributed by atoms with E-state index in [-0.39, 0.29) is 11.4 Å². The lowest BCUT2D eigenvalue weighted by Crippen LogP contribution is -2.61. The van der Waals surface area contributed by atoms with Gasteiger partial charge < -0.3 is 4.90 Å². The Bertz CT molecular complexity index is 579. The molecule has 0 aliphatic carbocycles. The van der Waals surface area contributed by atoms with Gasteiger partial charge in [0, 0.05) is 37.3 Å². The number of nitrogens with zero attached hydrogens (tertiary/aromatic N) is 2. The summed E-state index contributed by atoms with van der Waals surface area (Å²) in [5.74, 6) is 0.336. The summed E-state index contributed by atoms with van der Waals surface area (Å²) < 4.78 is 37.9. The molecule has 0 spiro atoms. The molecular formula is C18H25F3N2O. The third kappa shape index (κ3) is 4.29. The fourth-order valence-corrected chi connectivity index (χ4v) is 3.13. The topological polar surface area (TPSA) is 23.6 Å². The zero-order valence-electron chi connectivity index (χ0n) is 14.7. The van der Waals surface area contributed by atoms with Crippen molar-refractivity contribution in [2.24, 2.45) is 5.92 Å². The predicted octanol–water partition coefficient (Wildman–Crippen LogP) is 3.90. The summed E-state index contributed by atoms with van der Waals surface area (Å²) in [6, 6.07) is 4.46. The van der Waals surface area contributed by atoms with Crippen molar-refractivity contribution in [3.8, 4) is 0 Å². The van der Waals surface area contributed by atoms with Crippen molar-refractivity contribution in [3.63, 3.8) is 0 Å². The molecule has 0 N–H and O–H groups in total. The van der Waals surface area contributed by atoms with Crippen LogP contribution in [0.1, 0.15) is 43.6 Å². The number of halogens is 3. The highest BCUT2D eigenvalue weighted by molar-refractivity contribution is 5.94. The van der Waals surface area contributed by atoms with Gasteiger partial charge in [0.25, 0.3) is 5.91 Å². The third-order valence-corrected chi connectivity index (χ3v) is 4.41. The first-order valence-corrected chi connectivity index (χ1v) is 8.22. The maximum Gasteiger partial charge on any atom is 0.416 e. The Hall–Kier alpha value is -1.56. The number of alkyl halides is 3. The highest BCUT2D eigenvalue weighted by Gasteiger charge is 2.36. The van der Waals surface area contributed by atoms with Gasteiger partial charge in [-0.2, -0.15) is 13.2 Å². The minimum atomic E-state index is -4.38. The first kappa shape index (κ1) is 18.8. The molecular weight excluding hydrogens is 317 g/mol. The Labute approximate surface area is 141 Å². The monoisotopic (exact) mass is 342 g/mol. The lowest BCUT2D eigenvalue weighted by atomic mass is 9.96. The Morgan fingerprint density at radius 1 is 1.17 bits per heavy atom. The highest BCUT2D eigenvalue weighted by Crippen LogP contribution is 2.29. The number of hydrogen-bond acceptors (Lipinski definition) is 2. The molecule has 1 aliphatic rings. The molecule has 2 rings (SSSR count). The van der Waals surface area contributed by atoms with E-state index >= 15 is 0 Å². The number of carbonyl (C=O) groups excluding carboxylic acids is 1. The highest BCUT2D eigenvalue weighted by atomic mass is 19.4. The first-order chi connectivity index (χ1) is 11.0. The minimum Gasteiger partial charge on any atom is -0.336 e. The van der Waals surface area contributed by atoms with Crippen LogP contribution in [-0.4, -0.2) is 47.4 Å². The van der Waals surface area contributed by atoms with Gasteiger partial charge in [-0.15, -0.1) is 0 Å². The molecule has 1 aromatic rings. The minimum absolute atomic E-state index is 0.149. The van der Waals surface area contributed by atoms with E-state index in [1.807, 2.05) is 0 Å². The molecule has 0 atom stereocenters. The van der Waals surface area contributed by atoms with Crippen LogP contribution in [0.3, 0.4) is 0 Å². The van der Waals surface area contributed by atoms with Crippen LogP contribution in [0.5, 0.6) is 0 Å². The summed E-state index contributed by atoms with van der Waals surface area (Å²) in [5.41, 5.74) is -0.582. The standard InChI is InChI=1S/C18H25F3N2O/c1-13(2)11-23-10-9-22(12-17(23,3)4)16(24)14-5-7-15(8-6-14)18(19,20)21/h5-8,13H,9-12H2,1-4H3. The van der Waals surface area contributed by atoms with Crippen molar-refractivity contribution in [1.29, 1.82) is 0 Å². The zero-order chi connectivity index (χ0) is 18.1. The van der Waals surface area contributed by atoms with Gasteiger partial charge in [0.2, 0.25) is 0 Å². The summed E-state index contributed by atoms with van der Waals surface area (Å²) in [7, 11) is 0. The number of piperazine rings is 1. The molecule has 3 nitrogen and oxygen atoms in total. The molecule has 0 saturated carbocycles. The van der Waals surface area contributed by atoms with E-state index < -0.39 is 11.7 Å².